The number of rotatable bonds is 0. The summed E-state index contributed by atoms with van der Waals surface area (Å²) in [6, 6.07) is 0. The summed E-state index contributed by atoms with van der Waals surface area (Å²) in [5, 5.41) is 30.6. The Morgan fingerprint density at radius 2 is 1.00 bits per heavy atom. The van der Waals surface area contributed by atoms with Crippen LogP contribution in [0.5, 0.6) is 0 Å². The summed E-state index contributed by atoms with van der Waals surface area (Å²) in [4.78, 5) is 16.9. The molecule has 0 bridgehead atoms. The summed E-state index contributed by atoms with van der Waals surface area (Å²) >= 11 is 0. The molecule has 2 N–H and O–H groups in total. The van der Waals surface area contributed by atoms with E-state index in [0.717, 1.165) is 0 Å². The second kappa shape index (κ2) is 30.0. The molecule has 0 aliphatic rings. The quantitative estimate of drug-likeness (QED) is 0.350. The van der Waals surface area contributed by atoms with Crippen molar-refractivity contribution >= 4 is 35.4 Å². The summed E-state index contributed by atoms with van der Waals surface area (Å²) < 4.78 is 0. The predicted molar refractivity (Wildman–Crippen MR) is 22.5 cm³/mol. The maximum Gasteiger partial charge on any atom is 2.00 e. The third-order valence-corrected chi connectivity index (χ3v) is 0. The van der Waals surface area contributed by atoms with Crippen LogP contribution >= 0.6 is 0 Å². The van der Waals surface area contributed by atoms with Crippen molar-refractivity contribution in [3.8, 4) is 0 Å². The Kier molecular flexibility index (Phi) is 98.2. The molecule has 56 valence electrons. The van der Waals surface area contributed by atoms with Gasteiger partial charge in [-0.15, -0.1) is 0 Å². The molecule has 0 aromatic carbocycles. The Labute approximate surface area is 108 Å². The van der Waals surface area contributed by atoms with Gasteiger partial charge in [-0.25, -0.2) is 4.79 Å². The molecule has 12 heavy (non-hydrogen) atoms. The van der Waals surface area contributed by atoms with Gasteiger partial charge in [0.2, 0.25) is 0 Å². The number of carbonyl (C=O) groups excluding carboxylic acids is 1. The van der Waals surface area contributed by atoms with E-state index in [2.05, 4.69) is 0 Å². The maximum atomic E-state index is 8.56. The zero-order chi connectivity index (χ0) is 7.15. The maximum absolute atomic E-state index is 8.56. The molecule has 7 nitrogen and oxygen atoms in total. The summed E-state index contributed by atoms with van der Waals surface area (Å²) in [5.74, 6) is 0. The topological polar surface area (TPSA) is 149 Å². The van der Waals surface area contributed by atoms with Gasteiger partial charge in [0, 0.05) is 0 Å². The van der Waals surface area contributed by atoms with Crippen molar-refractivity contribution in [2.24, 2.45) is 0 Å². The molecule has 0 spiro atoms. The molecule has 0 aliphatic heterocycles. The first-order chi connectivity index (χ1) is 3.46. The van der Waals surface area contributed by atoms with Crippen LogP contribution in [-0.4, -0.2) is 45.6 Å². The normalized spacial score (nSPS) is 4.00. The molecule has 0 rings (SSSR count). The van der Waals surface area contributed by atoms with E-state index in [1.807, 2.05) is 0 Å². The van der Waals surface area contributed by atoms with E-state index < -0.39 is 12.3 Å². The van der Waals surface area contributed by atoms with Crippen molar-refractivity contribution < 1.29 is 73.2 Å². The van der Waals surface area contributed by atoms with Crippen molar-refractivity contribution in [2.75, 3.05) is 0 Å². The Balaban J connectivity index is -0.0000000112. The van der Waals surface area contributed by atoms with E-state index in [9.17, 15) is 0 Å². The average molecular weight is 176 g/mol. The molecule has 0 amide bonds. The van der Waals surface area contributed by atoms with Gasteiger partial charge in [-0.1, -0.05) is 0 Å². The van der Waals surface area contributed by atoms with Crippen LogP contribution < -0.4 is 47.9 Å². The van der Waals surface area contributed by atoms with E-state index in [1.165, 1.54) is 0 Å². The van der Waals surface area contributed by atoms with E-state index >= 15 is 0 Å². The van der Waals surface area contributed by atoms with Crippen LogP contribution in [-0.2, 0) is 5.48 Å². The summed E-state index contributed by atoms with van der Waals surface area (Å²) in [6.07, 6.45) is -4.17. The molecule has 0 fully saturated rings. The summed E-state index contributed by atoms with van der Waals surface area (Å²) in [7, 11) is 0. The first-order valence-electron chi connectivity index (χ1n) is 1.26. The number of hydrogen-bond donors (Lipinski definition) is 2. The average Bonchev–Trinajstić information content (AvgIpc) is 1.25. The molecular weight excluding hydrogens is 174 g/mol. The second-order valence-electron chi connectivity index (χ2n) is 0.533. The number of carbonyl (C=O) groups is 2. The minimum Gasteiger partial charge on any atom is -2.00 e. The van der Waals surface area contributed by atoms with Crippen LogP contribution in [0.1, 0.15) is 0 Å². The molecule has 0 saturated carbocycles. The van der Waals surface area contributed by atoms with Gasteiger partial charge in [0.25, 0.3) is 0 Å². The minimum atomic E-state index is -2.33. The molecule has 0 aromatic heterocycles. The molecule has 0 atom stereocenters. The van der Waals surface area contributed by atoms with Gasteiger partial charge in [0.15, 0.2) is 0 Å². The fraction of sp³-hybridized carbons (Fsp3) is 0. The van der Waals surface area contributed by atoms with Gasteiger partial charge in [0.1, 0.15) is 0 Å². The Bertz CT molecular complexity index is 77.4. The number of hydrogen-bond acceptors (Lipinski definition) is 4. The molecule has 10 heteroatoms. The van der Waals surface area contributed by atoms with Gasteiger partial charge in [-0.05, 0) is 6.16 Å². The van der Waals surface area contributed by atoms with Crippen molar-refractivity contribution in [1.82, 2.24) is 0 Å². The second-order valence-corrected chi connectivity index (χ2v) is 0.533. The van der Waals surface area contributed by atoms with E-state index in [-0.39, 0.29) is 66.3 Å². The smallest absolute Gasteiger partial charge is 2.00 e. The van der Waals surface area contributed by atoms with Gasteiger partial charge >= 0.3 is 66.9 Å². The molecule has 0 aromatic rings. The predicted octanol–water partition coefficient (Wildman–Crippen LogP) is -8.72. The van der Waals surface area contributed by atoms with Crippen molar-refractivity contribution in [2.45, 2.75) is 0 Å². The SMILES string of the molecule is O=C(O)O.O=C([O-])[O-].[Li+].[Li+].[Mg+2].[O-2]. The number of carboxylic acid groups (broad SMARTS) is 4. The van der Waals surface area contributed by atoms with E-state index in [4.69, 9.17) is 30.0 Å². The third-order valence-electron chi connectivity index (χ3n) is 0. The van der Waals surface area contributed by atoms with E-state index in [0.29, 0.717) is 0 Å². The van der Waals surface area contributed by atoms with Crippen LogP contribution in [0, 0.1) is 0 Å². The van der Waals surface area contributed by atoms with Crippen molar-refractivity contribution in [3.63, 3.8) is 0 Å². The van der Waals surface area contributed by atoms with Gasteiger partial charge in [-0.2, -0.15) is 0 Å². The van der Waals surface area contributed by atoms with Gasteiger partial charge < -0.3 is 30.7 Å². The monoisotopic (exact) mass is 176 g/mol. The molecule has 0 radical (unpaired) electrons. The first kappa shape index (κ1) is 39.2. The summed E-state index contributed by atoms with van der Waals surface area (Å²) in [5.41, 5.74) is 0. The minimum absolute atomic E-state index is 0. The largest absolute Gasteiger partial charge is 2.00 e. The Morgan fingerprint density at radius 1 is 1.00 bits per heavy atom. The standard InChI is InChI=1S/2CH2O3.2Li.Mg.O/c2*2-1(3)4;;;;/h2*(H2,2,3,4);;;;/q;;2*+1;+2;-2/p-2. The van der Waals surface area contributed by atoms with Crippen molar-refractivity contribution in [1.29, 1.82) is 0 Å². The first-order valence-corrected chi connectivity index (χ1v) is 1.26. The molecule has 0 aliphatic carbocycles. The zero-order valence-corrected chi connectivity index (χ0v) is 8.06. The Morgan fingerprint density at radius 3 is 1.00 bits per heavy atom. The fourth-order valence-corrected chi connectivity index (χ4v) is 0. The van der Waals surface area contributed by atoms with E-state index in [1.54, 1.807) is 0 Å². The molecule has 0 saturated heterocycles. The zero-order valence-electron chi connectivity index (χ0n) is 6.64. The molecule has 0 unspecified atom stereocenters. The molecular formula is C2H2Li2MgO7. The van der Waals surface area contributed by atoms with Crippen LogP contribution in [0.15, 0.2) is 0 Å². The Hall–Kier alpha value is 0.461. The fourth-order valence-electron chi connectivity index (χ4n) is 0. The van der Waals surface area contributed by atoms with Crippen LogP contribution in [0.3, 0.4) is 0 Å². The van der Waals surface area contributed by atoms with Gasteiger partial charge in [0.05, 0.1) is 0 Å². The van der Waals surface area contributed by atoms with Crippen LogP contribution in [0.4, 0.5) is 9.59 Å². The van der Waals surface area contributed by atoms with Gasteiger partial charge in [-0.3, -0.25) is 0 Å². The molecule has 0 heterocycles. The van der Waals surface area contributed by atoms with Crippen LogP contribution in [0.25, 0.3) is 0 Å². The van der Waals surface area contributed by atoms with Crippen molar-refractivity contribution in [3.05, 3.63) is 0 Å². The van der Waals surface area contributed by atoms with Crippen LogP contribution in [0.2, 0.25) is 0 Å². The third kappa shape index (κ3) is 4410. The summed E-state index contributed by atoms with van der Waals surface area (Å²) in [6.45, 7) is 0.